The zero-order valence-electron chi connectivity index (χ0n) is 11.3. The maximum Gasteiger partial charge on any atom is 0.586 e. The first-order valence-electron chi connectivity index (χ1n) is 7.26. The zero-order valence-corrected chi connectivity index (χ0v) is 11.3. The maximum absolute atomic E-state index is 12.9. The molecule has 1 heterocycles. The summed E-state index contributed by atoms with van der Waals surface area (Å²) in [4.78, 5) is 0. The van der Waals surface area contributed by atoms with Gasteiger partial charge in [0.1, 0.15) is 0 Å². The Balaban J connectivity index is 1.59. The number of hydrogen-bond acceptors (Lipinski definition) is 3. The number of rotatable bonds is 3. The van der Waals surface area contributed by atoms with Crippen LogP contribution in [-0.4, -0.2) is 12.8 Å². The first kappa shape index (κ1) is 13.5. The highest BCUT2D eigenvalue weighted by Gasteiger charge is 2.43. The molecule has 0 atom stereocenters. The van der Waals surface area contributed by atoms with E-state index in [1.807, 2.05) is 0 Å². The number of hydrogen-bond donors (Lipinski definition) is 1. The predicted molar refractivity (Wildman–Crippen MR) is 72.3 cm³/mol. The molecule has 0 amide bonds. The SMILES string of the molecule is FC1(F)Oc2ccc(NCC3CCCCCC3)cc2O1. The van der Waals surface area contributed by atoms with Crippen molar-refractivity contribution in [3.05, 3.63) is 18.2 Å². The highest BCUT2D eigenvalue weighted by Crippen LogP contribution is 2.42. The molecule has 1 aliphatic heterocycles. The average molecular weight is 283 g/mol. The molecule has 1 saturated carbocycles. The van der Waals surface area contributed by atoms with Crippen molar-refractivity contribution in [2.24, 2.45) is 5.92 Å². The molecule has 1 aliphatic carbocycles. The number of alkyl halides is 2. The minimum absolute atomic E-state index is 0.0926. The van der Waals surface area contributed by atoms with Crippen LogP contribution in [0.5, 0.6) is 11.5 Å². The average Bonchev–Trinajstić information content (AvgIpc) is 2.59. The highest BCUT2D eigenvalue weighted by molar-refractivity contribution is 5.55. The Morgan fingerprint density at radius 1 is 1.05 bits per heavy atom. The summed E-state index contributed by atoms with van der Waals surface area (Å²) in [5.41, 5.74) is 0.800. The van der Waals surface area contributed by atoms with Gasteiger partial charge in [-0.1, -0.05) is 25.7 Å². The van der Waals surface area contributed by atoms with Crippen LogP contribution in [0.4, 0.5) is 14.5 Å². The summed E-state index contributed by atoms with van der Waals surface area (Å²) in [5.74, 6) is 0.861. The van der Waals surface area contributed by atoms with Crippen molar-refractivity contribution in [3.8, 4) is 11.5 Å². The fourth-order valence-corrected chi connectivity index (χ4v) is 2.89. The second-order valence-corrected chi connectivity index (χ2v) is 5.57. The van der Waals surface area contributed by atoms with Crippen molar-refractivity contribution in [1.29, 1.82) is 0 Å². The van der Waals surface area contributed by atoms with Gasteiger partial charge in [0.25, 0.3) is 0 Å². The van der Waals surface area contributed by atoms with Crippen LogP contribution in [0.2, 0.25) is 0 Å². The van der Waals surface area contributed by atoms with Crippen LogP contribution in [0, 0.1) is 5.92 Å². The number of fused-ring (bicyclic) bond motifs is 1. The summed E-state index contributed by atoms with van der Waals surface area (Å²) in [6.45, 7) is 0.885. The molecular formula is C15H19F2NO2. The zero-order chi connectivity index (χ0) is 14.0. The van der Waals surface area contributed by atoms with Crippen molar-refractivity contribution in [2.75, 3.05) is 11.9 Å². The van der Waals surface area contributed by atoms with Crippen molar-refractivity contribution in [2.45, 2.75) is 44.8 Å². The Morgan fingerprint density at radius 2 is 1.75 bits per heavy atom. The Hall–Kier alpha value is -1.52. The fourth-order valence-electron chi connectivity index (χ4n) is 2.89. The Bertz CT molecular complexity index is 471. The molecular weight excluding hydrogens is 264 g/mol. The normalized spacial score (nSPS) is 21.5. The molecule has 0 radical (unpaired) electrons. The molecule has 110 valence electrons. The van der Waals surface area contributed by atoms with E-state index in [9.17, 15) is 8.78 Å². The first-order valence-corrected chi connectivity index (χ1v) is 7.26. The van der Waals surface area contributed by atoms with Crippen LogP contribution < -0.4 is 14.8 Å². The van der Waals surface area contributed by atoms with E-state index in [1.165, 1.54) is 44.6 Å². The van der Waals surface area contributed by atoms with Crippen LogP contribution in [-0.2, 0) is 0 Å². The van der Waals surface area contributed by atoms with Gasteiger partial charge in [0, 0.05) is 18.3 Å². The minimum Gasteiger partial charge on any atom is -0.395 e. The molecule has 20 heavy (non-hydrogen) atoms. The molecule has 1 N–H and O–H groups in total. The van der Waals surface area contributed by atoms with E-state index in [0.29, 0.717) is 5.92 Å². The minimum atomic E-state index is -3.54. The fraction of sp³-hybridized carbons (Fsp3) is 0.600. The van der Waals surface area contributed by atoms with Crippen molar-refractivity contribution in [1.82, 2.24) is 0 Å². The number of halogens is 2. The Morgan fingerprint density at radius 3 is 2.50 bits per heavy atom. The van der Waals surface area contributed by atoms with E-state index >= 15 is 0 Å². The van der Waals surface area contributed by atoms with E-state index in [4.69, 9.17) is 0 Å². The second-order valence-electron chi connectivity index (χ2n) is 5.57. The molecule has 0 bridgehead atoms. The lowest BCUT2D eigenvalue weighted by Crippen LogP contribution is -2.25. The Kier molecular flexibility index (Phi) is 3.68. The third-order valence-electron chi connectivity index (χ3n) is 3.97. The lowest BCUT2D eigenvalue weighted by atomic mass is 10.0. The van der Waals surface area contributed by atoms with Gasteiger partial charge in [0.05, 0.1) is 0 Å². The van der Waals surface area contributed by atoms with Crippen molar-refractivity contribution in [3.63, 3.8) is 0 Å². The van der Waals surface area contributed by atoms with Crippen LogP contribution in [0.3, 0.4) is 0 Å². The van der Waals surface area contributed by atoms with Gasteiger partial charge in [-0.15, -0.1) is 8.78 Å². The Labute approximate surface area is 117 Å². The van der Waals surface area contributed by atoms with E-state index in [1.54, 1.807) is 12.1 Å². The molecule has 1 fully saturated rings. The van der Waals surface area contributed by atoms with Crippen molar-refractivity contribution < 1.29 is 18.3 Å². The summed E-state index contributed by atoms with van der Waals surface area (Å²) < 4.78 is 34.7. The van der Waals surface area contributed by atoms with Gasteiger partial charge in [-0.05, 0) is 30.9 Å². The lowest BCUT2D eigenvalue weighted by Gasteiger charge is -2.15. The van der Waals surface area contributed by atoms with Crippen molar-refractivity contribution >= 4 is 5.69 Å². The van der Waals surface area contributed by atoms with E-state index in [2.05, 4.69) is 14.8 Å². The van der Waals surface area contributed by atoms with Crippen LogP contribution in [0.1, 0.15) is 38.5 Å². The third-order valence-corrected chi connectivity index (χ3v) is 3.97. The summed E-state index contributed by atoms with van der Waals surface area (Å²) in [6.07, 6.45) is 4.19. The number of nitrogens with one attached hydrogen (secondary N) is 1. The van der Waals surface area contributed by atoms with Gasteiger partial charge in [-0.3, -0.25) is 0 Å². The quantitative estimate of drug-likeness (QED) is 0.834. The van der Waals surface area contributed by atoms with E-state index in [-0.39, 0.29) is 11.5 Å². The second kappa shape index (κ2) is 5.46. The molecule has 5 heteroatoms. The van der Waals surface area contributed by atoms with Gasteiger partial charge >= 0.3 is 6.29 Å². The summed E-state index contributed by atoms with van der Waals surface area (Å²) in [7, 11) is 0. The molecule has 1 aromatic carbocycles. The van der Waals surface area contributed by atoms with Gasteiger partial charge < -0.3 is 14.8 Å². The molecule has 0 spiro atoms. The third kappa shape index (κ3) is 3.14. The van der Waals surface area contributed by atoms with Gasteiger partial charge in [0.2, 0.25) is 0 Å². The molecule has 1 aromatic rings. The monoisotopic (exact) mass is 283 g/mol. The maximum atomic E-state index is 12.9. The van der Waals surface area contributed by atoms with Crippen LogP contribution in [0.25, 0.3) is 0 Å². The molecule has 2 aliphatic rings. The molecule has 0 unspecified atom stereocenters. The number of anilines is 1. The lowest BCUT2D eigenvalue weighted by molar-refractivity contribution is -0.286. The summed E-state index contributed by atoms with van der Waals surface area (Å²) in [6, 6.07) is 4.85. The van der Waals surface area contributed by atoms with Gasteiger partial charge in [0.15, 0.2) is 11.5 Å². The molecule has 3 rings (SSSR count). The topological polar surface area (TPSA) is 30.5 Å². The number of benzene rings is 1. The van der Waals surface area contributed by atoms with Crippen LogP contribution >= 0.6 is 0 Å². The molecule has 0 aromatic heterocycles. The largest absolute Gasteiger partial charge is 0.586 e. The predicted octanol–water partition coefficient (Wildman–Crippen LogP) is 4.39. The number of ether oxygens (including phenoxy) is 2. The highest BCUT2D eigenvalue weighted by atomic mass is 19.3. The van der Waals surface area contributed by atoms with Gasteiger partial charge in [-0.2, -0.15) is 0 Å². The smallest absolute Gasteiger partial charge is 0.395 e. The van der Waals surface area contributed by atoms with Crippen LogP contribution in [0.15, 0.2) is 18.2 Å². The summed E-state index contributed by atoms with van der Waals surface area (Å²) in [5, 5.41) is 3.32. The van der Waals surface area contributed by atoms with E-state index < -0.39 is 6.29 Å². The standard InChI is InChI=1S/C15H19F2NO2/c16-15(17)19-13-8-7-12(9-14(13)20-15)18-10-11-5-3-1-2-4-6-11/h7-9,11,18H,1-6,10H2. The molecule has 0 saturated heterocycles. The van der Waals surface area contributed by atoms with Gasteiger partial charge in [-0.25, -0.2) is 0 Å². The first-order chi connectivity index (χ1) is 9.62. The molecule has 3 nitrogen and oxygen atoms in total. The summed E-state index contributed by atoms with van der Waals surface area (Å²) >= 11 is 0. The van der Waals surface area contributed by atoms with E-state index in [0.717, 1.165) is 12.2 Å².